The Morgan fingerprint density at radius 3 is 2.04 bits per heavy atom. The molecule has 0 spiro atoms. The van der Waals surface area contributed by atoms with Crippen LogP contribution in [-0.4, -0.2) is 17.5 Å². The van der Waals surface area contributed by atoms with Crippen LogP contribution < -0.4 is 0 Å². The highest BCUT2D eigenvalue weighted by atomic mass is 16.5. The molecule has 0 saturated heterocycles. The summed E-state index contributed by atoms with van der Waals surface area (Å²) in [5.41, 5.74) is 6.00. The van der Waals surface area contributed by atoms with E-state index in [0.717, 1.165) is 18.7 Å². The fourth-order valence-electron chi connectivity index (χ4n) is 3.43. The summed E-state index contributed by atoms with van der Waals surface area (Å²) >= 11 is 0. The molecule has 0 N–H and O–H groups in total. The maximum Gasteiger partial charge on any atom is 0.301 e. The molecule has 0 unspecified atom stereocenters. The van der Waals surface area contributed by atoms with Crippen molar-refractivity contribution in [3.05, 3.63) is 95.6 Å². The van der Waals surface area contributed by atoms with Gasteiger partial charge in [-0.25, -0.2) is 0 Å². The topological polar surface area (TPSA) is 24.8 Å². The molecule has 0 saturated carbocycles. The van der Waals surface area contributed by atoms with Crippen LogP contribution in [0, 0.1) is 12.0 Å². The van der Waals surface area contributed by atoms with Crippen molar-refractivity contribution in [1.82, 2.24) is 4.90 Å². The van der Waals surface area contributed by atoms with E-state index in [1.54, 1.807) is 0 Å². The van der Waals surface area contributed by atoms with E-state index < -0.39 is 0 Å². The van der Waals surface area contributed by atoms with Crippen molar-refractivity contribution in [1.29, 1.82) is 0 Å². The number of hydrogen-bond donors (Lipinski definition) is 0. The minimum absolute atomic E-state index is 0.547. The molecular formula is C25H22N2O. The molecule has 0 aliphatic carbocycles. The Bertz CT molecular complexity index is 997. The molecule has 1 aliphatic rings. The first-order chi connectivity index (χ1) is 13.8. The zero-order valence-corrected chi connectivity index (χ0v) is 15.9. The average Bonchev–Trinajstić information content (AvgIpc) is 2.91. The Kier molecular flexibility index (Phi) is 5.40. The molecule has 0 bridgehead atoms. The van der Waals surface area contributed by atoms with Crippen molar-refractivity contribution in [3.63, 3.8) is 0 Å². The fourth-order valence-corrected chi connectivity index (χ4v) is 3.43. The number of rotatable bonds is 1. The predicted octanol–water partition coefficient (Wildman–Crippen LogP) is 5.07. The molecule has 3 aromatic rings. The third-order valence-corrected chi connectivity index (χ3v) is 4.72. The molecule has 1 aliphatic heterocycles. The first-order valence-corrected chi connectivity index (χ1v) is 9.53. The van der Waals surface area contributed by atoms with Gasteiger partial charge in [-0.2, -0.15) is 0 Å². The number of ether oxygens (including phenoxy) is 1. The van der Waals surface area contributed by atoms with Crippen LogP contribution in [0.4, 0.5) is 0 Å². The monoisotopic (exact) mass is 366 g/mol. The number of amidine groups is 1. The van der Waals surface area contributed by atoms with E-state index in [4.69, 9.17) is 4.74 Å². The van der Waals surface area contributed by atoms with Gasteiger partial charge in [0.2, 0.25) is 0 Å². The van der Waals surface area contributed by atoms with Crippen molar-refractivity contribution in [2.24, 2.45) is 4.99 Å². The van der Waals surface area contributed by atoms with Gasteiger partial charge in [0.15, 0.2) is 0 Å². The molecule has 0 atom stereocenters. The summed E-state index contributed by atoms with van der Waals surface area (Å²) in [7, 11) is 0. The van der Waals surface area contributed by atoms with Crippen molar-refractivity contribution >= 4 is 6.02 Å². The average molecular weight is 366 g/mol. The zero-order chi connectivity index (χ0) is 19.2. The van der Waals surface area contributed by atoms with Crippen LogP contribution in [0.2, 0.25) is 0 Å². The highest BCUT2D eigenvalue weighted by molar-refractivity contribution is 5.78. The van der Waals surface area contributed by atoms with Gasteiger partial charge < -0.3 is 9.64 Å². The Hall–Kier alpha value is -3.51. The van der Waals surface area contributed by atoms with E-state index >= 15 is 0 Å². The largest absolute Gasteiger partial charge is 0.465 e. The molecule has 0 aromatic heterocycles. The van der Waals surface area contributed by atoms with E-state index in [2.05, 4.69) is 70.4 Å². The minimum Gasteiger partial charge on any atom is -0.465 e. The number of nitrogens with zero attached hydrogens (tertiary/aromatic N) is 2. The van der Waals surface area contributed by atoms with Crippen molar-refractivity contribution in [2.75, 3.05) is 6.61 Å². The van der Waals surface area contributed by atoms with Crippen LogP contribution in [0.1, 0.15) is 23.6 Å². The molecule has 0 amide bonds. The molecule has 0 fully saturated rings. The molecule has 3 nitrogen and oxygen atoms in total. The first kappa shape index (κ1) is 17.9. The van der Waals surface area contributed by atoms with Crippen molar-refractivity contribution < 1.29 is 4.74 Å². The van der Waals surface area contributed by atoms with Crippen molar-refractivity contribution in [3.8, 4) is 23.1 Å². The standard InChI is InChI=1S/C25H22N2O/c1-2-28-25(26-17-16-20-10-4-3-5-11-20)27-18-21-12-6-8-14-23(21)24-15-9-7-13-22(24)19-27/h3-15H,2,18-19H2,1H3/b26-25-. The van der Waals surface area contributed by atoms with Crippen LogP contribution in [0.15, 0.2) is 83.9 Å². The van der Waals surface area contributed by atoms with Crippen LogP contribution in [-0.2, 0) is 17.8 Å². The van der Waals surface area contributed by atoms with Crippen LogP contribution in [0.5, 0.6) is 0 Å². The van der Waals surface area contributed by atoms with Gasteiger partial charge in [0.1, 0.15) is 0 Å². The summed E-state index contributed by atoms with van der Waals surface area (Å²) in [6.45, 7) is 3.99. The number of hydrogen-bond acceptors (Lipinski definition) is 2. The molecule has 3 aromatic carbocycles. The number of aliphatic imine (C=N–C) groups is 1. The van der Waals surface area contributed by atoms with Crippen LogP contribution >= 0.6 is 0 Å². The Morgan fingerprint density at radius 1 is 0.857 bits per heavy atom. The quantitative estimate of drug-likeness (QED) is 0.341. The highest BCUT2D eigenvalue weighted by Gasteiger charge is 2.22. The van der Waals surface area contributed by atoms with Crippen LogP contribution in [0.25, 0.3) is 11.1 Å². The smallest absolute Gasteiger partial charge is 0.301 e. The van der Waals surface area contributed by atoms with Gasteiger partial charge in [-0.05, 0) is 47.2 Å². The fraction of sp³-hybridized carbons (Fsp3) is 0.160. The molecule has 138 valence electrons. The second-order valence-corrected chi connectivity index (χ2v) is 6.60. The lowest BCUT2D eigenvalue weighted by molar-refractivity contribution is 0.236. The number of fused-ring (bicyclic) bond motifs is 3. The zero-order valence-electron chi connectivity index (χ0n) is 15.9. The maximum atomic E-state index is 5.88. The van der Waals surface area contributed by atoms with Gasteiger partial charge in [-0.1, -0.05) is 66.7 Å². The lowest BCUT2D eigenvalue weighted by Crippen LogP contribution is -2.31. The second-order valence-electron chi connectivity index (χ2n) is 6.60. The molecule has 28 heavy (non-hydrogen) atoms. The normalized spacial score (nSPS) is 12.9. The highest BCUT2D eigenvalue weighted by Crippen LogP contribution is 2.32. The number of benzene rings is 3. The SMILES string of the molecule is CCO/C(=N\C#Cc1ccccc1)N1Cc2ccccc2-c2ccccc2C1. The Balaban J connectivity index is 1.70. The van der Waals surface area contributed by atoms with E-state index in [-0.39, 0.29) is 0 Å². The molecule has 0 radical (unpaired) electrons. The molecule has 3 heteroatoms. The van der Waals surface area contributed by atoms with Gasteiger partial charge in [-0.3, -0.25) is 0 Å². The summed E-state index contributed by atoms with van der Waals surface area (Å²) in [6, 6.07) is 30.4. The summed E-state index contributed by atoms with van der Waals surface area (Å²) < 4.78 is 5.88. The molecule has 1 heterocycles. The second kappa shape index (κ2) is 8.45. The van der Waals surface area contributed by atoms with E-state index in [0.29, 0.717) is 12.6 Å². The lowest BCUT2D eigenvalue weighted by atomic mass is 9.97. The Labute approximate surface area is 166 Å². The molecular weight excluding hydrogens is 344 g/mol. The third-order valence-electron chi connectivity index (χ3n) is 4.72. The van der Waals surface area contributed by atoms with Gasteiger partial charge in [0.05, 0.1) is 6.61 Å². The van der Waals surface area contributed by atoms with E-state index in [1.165, 1.54) is 22.3 Å². The Morgan fingerprint density at radius 2 is 1.43 bits per heavy atom. The van der Waals surface area contributed by atoms with Gasteiger partial charge in [-0.15, -0.1) is 4.99 Å². The van der Waals surface area contributed by atoms with Crippen LogP contribution in [0.3, 0.4) is 0 Å². The van der Waals surface area contributed by atoms with E-state index in [9.17, 15) is 0 Å². The summed E-state index contributed by atoms with van der Waals surface area (Å²) in [5, 5.41) is 0. The van der Waals surface area contributed by atoms with E-state index in [1.807, 2.05) is 37.3 Å². The summed E-state index contributed by atoms with van der Waals surface area (Å²) in [6.07, 6.45) is 0. The van der Waals surface area contributed by atoms with Gasteiger partial charge >= 0.3 is 6.02 Å². The summed E-state index contributed by atoms with van der Waals surface area (Å²) in [5.74, 6) is 3.08. The van der Waals surface area contributed by atoms with Crippen molar-refractivity contribution in [2.45, 2.75) is 20.0 Å². The first-order valence-electron chi connectivity index (χ1n) is 9.53. The minimum atomic E-state index is 0.547. The molecule has 4 rings (SSSR count). The van der Waals surface area contributed by atoms with Gasteiger partial charge in [0, 0.05) is 24.7 Å². The predicted molar refractivity (Wildman–Crippen MR) is 114 cm³/mol. The van der Waals surface area contributed by atoms with Gasteiger partial charge in [0.25, 0.3) is 0 Å². The summed E-state index contributed by atoms with van der Waals surface area (Å²) in [4.78, 5) is 6.64. The third kappa shape index (κ3) is 3.92. The maximum absolute atomic E-state index is 5.88. The lowest BCUT2D eigenvalue weighted by Gasteiger charge is -2.23.